The topological polar surface area (TPSA) is 116 Å². The highest BCUT2D eigenvalue weighted by Gasteiger charge is 2.27. The summed E-state index contributed by atoms with van der Waals surface area (Å²) in [5.41, 5.74) is 0. The van der Waals surface area contributed by atoms with Crippen molar-refractivity contribution in [2.45, 2.75) is 44.8 Å². The highest BCUT2D eigenvalue weighted by Crippen LogP contribution is 2.14. The average Bonchev–Trinajstić information content (AvgIpc) is 2.43. The summed E-state index contributed by atoms with van der Waals surface area (Å²) in [5.74, 6) is -2.32. The molecule has 0 aromatic rings. The summed E-state index contributed by atoms with van der Waals surface area (Å²) in [6.07, 6.45) is 1.14. The second kappa shape index (κ2) is 8.46. The van der Waals surface area contributed by atoms with Crippen molar-refractivity contribution in [1.82, 2.24) is 10.2 Å². The number of rotatable bonds is 7. The Labute approximate surface area is 123 Å². The molecule has 8 heteroatoms. The first-order valence-corrected chi connectivity index (χ1v) is 7.05. The molecule has 1 saturated heterocycles. The van der Waals surface area contributed by atoms with Crippen molar-refractivity contribution in [3.8, 4) is 0 Å². The van der Waals surface area contributed by atoms with Gasteiger partial charge in [0.2, 0.25) is 0 Å². The lowest BCUT2D eigenvalue weighted by Crippen LogP contribution is -2.51. The average molecular weight is 302 g/mol. The van der Waals surface area contributed by atoms with Crippen LogP contribution in [0, 0.1) is 0 Å². The largest absolute Gasteiger partial charge is 0.481 e. The number of carboxylic acids is 2. The highest BCUT2D eigenvalue weighted by molar-refractivity contribution is 5.83. The Balaban J connectivity index is 2.43. The predicted octanol–water partition coefficient (Wildman–Crippen LogP) is 0.515. The number of hydrogen-bond acceptors (Lipinski definition) is 4. The summed E-state index contributed by atoms with van der Waals surface area (Å²) in [6, 6.07) is -1.65. The molecule has 1 aliphatic heterocycles. The Morgan fingerprint density at radius 3 is 2.38 bits per heavy atom. The van der Waals surface area contributed by atoms with Gasteiger partial charge >= 0.3 is 18.0 Å². The number of likely N-dealkylation sites (tertiary alicyclic amines) is 1. The molecule has 0 aromatic heterocycles. The number of carboxylic acid groups (broad SMARTS) is 2. The van der Waals surface area contributed by atoms with Crippen LogP contribution in [-0.4, -0.2) is 64.9 Å². The quantitative estimate of drug-likeness (QED) is 0.631. The van der Waals surface area contributed by atoms with E-state index >= 15 is 0 Å². The first-order valence-electron chi connectivity index (χ1n) is 7.05. The molecular formula is C13H22N2O6. The Bertz CT molecular complexity index is 379. The number of piperidine rings is 1. The lowest BCUT2D eigenvalue weighted by atomic mass is 10.1. The minimum Gasteiger partial charge on any atom is -0.481 e. The van der Waals surface area contributed by atoms with Crippen LogP contribution in [0.4, 0.5) is 4.79 Å². The fraction of sp³-hybridized carbons (Fsp3) is 0.769. The number of nitrogens with one attached hydrogen (secondary N) is 1. The summed E-state index contributed by atoms with van der Waals surface area (Å²) in [7, 11) is 0. The van der Waals surface area contributed by atoms with Crippen LogP contribution in [0.2, 0.25) is 0 Å². The van der Waals surface area contributed by atoms with E-state index in [4.69, 9.17) is 14.9 Å². The van der Waals surface area contributed by atoms with E-state index in [2.05, 4.69) is 5.32 Å². The molecule has 1 rings (SSSR count). The Kier molecular flexibility index (Phi) is 6.93. The van der Waals surface area contributed by atoms with Crippen LogP contribution in [-0.2, 0) is 14.3 Å². The van der Waals surface area contributed by atoms with Crippen molar-refractivity contribution in [2.24, 2.45) is 0 Å². The van der Waals surface area contributed by atoms with Gasteiger partial charge in [0, 0.05) is 26.1 Å². The van der Waals surface area contributed by atoms with Crippen LogP contribution < -0.4 is 5.32 Å². The van der Waals surface area contributed by atoms with Gasteiger partial charge in [-0.2, -0.15) is 0 Å². The van der Waals surface area contributed by atoms with Crippen molar-refractivity contribution < 1.29 is 29.3 Å². The fourth-order valence-electron chi connectivity index (χ4n) is 2.23. The minimum atomic E-state index is -1.23. The third-order valence-corrected chi connectivity index (χ3v) is 3.37. The van der Waals surface area contributed by atoms with Crippen LogP contribution in [0.1, 0.15) is 32.6 Å². The van der Waals surface area contributed by atoms with E-state index in [-0.39, 0.29) is 18.9 Å². The minimum absolute atomic E-state index is 0.133. The number of aliphatic carboxylic acids is 2. The summed E-state index contributed by atoms with van der Waals surface area (Å²) in [4.78, 5) is 35.0. The standard InChI is InChI=1S/C13H22N2O6/c1-2-21-9-5-7-15(8-6-9)13(20)14-10(12(18)19)3-4-11(16)17/h9-10H,2-8H2,1H3,(H,14,20)(H,16,17)(H,18,19). The number of amides is 2. The molecule has 120 valence electrons. The molecule has 1 unspecified atom stereocenters. The molecule has 1 heterocycles. The number of carbonyl (C=O) groups is 3. The van der Waals surface area contributed by atoms with E-state index in [9.17, 15) is 14.4 Å². The summed E-state index contributed by atoms with van der Waals surface area (Å²) >= 11 is 0. The van der Waals surface area contributed by atoms with Crippen molar-refractivity contribution in [2.75, 3.05) is 19.7 Å². The van der Waals surface area contributed by atoms with Crippen molar-refractivity contribution in [1.29, 1.82) is 0 Å². The van der Waals surface area contributed by atoms with Gasteiger partial charge in [0.1, 0.15) is 6.04 Å². The van der Waals surface area contributed by atoms with Gasteiger partial charge in [-0.25, -0.2) is 9.59 Å². The second-order valence-corrected chi connectivity index (χ2v) is 4.91. The SMILES string of the molecule is CCOC1CCN(C(=O)NC(CCC(=O)O)C(=O)O)CC1. The van der Waals surface area contributed by atoms with Crippen LogP contribution in [0.25, 0.3) is 0 Å². The zero-order valence-electron chi connectivity index (χ0n) is 12.1. The maximum Gasteiger partial charge on any atom is 0.326 e. The molecule has 0 spiro atoms. The molecule has 0 saturated carbocycles. The maximum absolute atomic E-state index is 12.0. The van der Waals surface area contributed by atoms with Gasteiger partial charge in [-0.15, -0.1) is 0 Å². The Hall–Kier alpha value is -1.83. The number of nitrogens with zero attached hydrogens (tertiary/aromatic N) is 1. The van der Waals surface area contributed by atoms with Crippen molar-refractivity contribution in [3.63, 3.8) is 0 Å². The van der Waals surface area contributed by atoms with E-state index in [1.165, 1.54) is 4.90 Å². The lowest BCUT2D eigenvalue weighted by Gasteiger charge is -2.32. The van der Waals surface area contributed by atoms with Crippen LogP contribution >= 0.6 is 0 Å². The summed E-state index contributed by atoms with van der Waals surface area (Å²) in [5, 5.41) is 19.9. The van der Waals surface area contributed by atoms with Crippen molar-refractivity contribution in [3.05, 3.63) is 0 Å². The van der Waals surface area contributed by atoms with Gasteiger partial charge < -0.3 is 25.2 Å². The van der Waals surface area contributed by atoms with Crippen LogP contribution in [0.15, 0.2) is 0 Å². The van der Waals surface area contributed by atoms with E-state index in [1.807, 2.05) is 6.92 Å². The molecule has 2 amide bonds. The Morgan fingerprint density at radius 1 is 1.29 bits per heavy atom. The number of carbonyl (C=O) groups excluding carboxylic acids is 1. The predicted molar refractivity (Wildman–Crippen MR) is 73.0 cm³/mol. The zero-order chi connectivity index (χ0) is 15.8. The molecule has 1 aliphatic rings. The number of urea groups is 1. The second-order valence-electron chi connectivity index (χ2n) is 4.91. The summed E-state index contributed by atoms with van der Waals surface area (Å²) < 4.78 is 5.48. The number of hydrogen-bond donors (Lipinski definition) is 3. The molecule has 0 radical (unpaired) electrons. The summed E-state index contributed by atoms with van der Waals surface area (Å²) in [6.45, 7) is 3.55. The van der Waals surface area contributed by atoms with E-state index in [0.29, 0.717) is 32.5 Å². The van der Waals surface area contributed by atoms with Crippen molar-refractivity contribution >= 4 is 18.0 Å². The first-order chi connectivity index (χ1) is 9.93. The van der Waals surface area contributed by atoms with Gasteiger partial charge in [-0.3, -0.25) is 4.79 Å². The van der Waals surface area contributed by atoms with Gasteiger partial charge in [-0.05, 0) is 26.2 Å². The molecule has 0 aliphatic carbocycles. The first kappa shape index (κ1) is 17.2. The molecule has 3 N–H and O–H groups in total. The zero-order valence-corrected chi connectivity index (χ0v) is 12.1. The lowest BCUT2D eigenvalue weighted by molar-refractivity contribution is -0.140. The maximum atomic E-state index is 12.0. The third-order valence-electron chi connectivity index (χ3n) is 3.37. The van der Waals surface area contributed by atoms with Crippen LogP contribution in [0.3, 0.4) is 0 Å². The molecule has 1 fully saturated rings. The monoisotopic (exact) mass is 302 g/mol. The van der Waals surface area contributed by atoms with Crippen LogP contribution in [0.5, 0.6) is 0 Å². The highest BCUT2D eigenvalue weighted by atomic mass is 16.5. The fourth-order valence-corrected chi connectivity index (χ4v) is 2.23. The van der Waals surface area contributed by atoms with Gasteiger partial charge in [0.25, 0.3) is 0 Å². The van der Waals surface area contributed by atoms with E-state index < -0.39 is 24.0 Å². The molecule has 0 aromatic carbocycles. The molecule has 0 bridgehead atoms. The smallest absolute Gasteiger partial charge is 0.326 e. The molecule has 1 atom stereocenters. The normalized spacial score (nSPS) is 17.3. The Morgan fingerprint density at radius 2 is 1.90 bits per heavy atom. The van der Waals surface area contributed by atoms with E-state index in [0.717, 1.165) is 0 Å². The van der Waals surface area contributed by atoms with Gasteiger partial charge in [0.05, 0.1) is 6.10 Å². The number of ether oxygens (including phenoxy) is 1. The molecular weight excluding hydrogens is 280 g/mol. The van der Waals surface area contributed by atoms with Gasteiger partial charge in [0.15, 0.2) is 0 Å². The molecule has 8 nitrogen and oxygen atoms in total. The molecule has 21 heavy (non-hydrogen) atoms. The van der Waals surface area contributed by atoms with E-state index in [1.54, 1.807) is 0 Å². The third kappa shape index (κ3) is 5.99. The van der Waals surface area contributed by atoms with Gasteiger partial charge in [-0.1, -0.05) is 0 Å².